The van der Waals surface area contributed by atoms with Gasteiger partial charge in [-0.15, -0.1) is 11.6 Å². The van der Waals surface area contributed by atoms with Gasteiger partial charge >= 0.3 is 0 Å². The van der Waals surface area contributed by atoms with E-state index in [0.717, 1.165) is 53.7 Å². The lowest BCUT2D eigenvalue weighted by Gasteiger charge is -2.23. The van der Waals surface area contributed by atoms with E-state index >= 15 is 0 Å². The number of ether oxygens (including phenoxy) is 2. The van der Waals surface area contributed by atoms with Gasteiger partial charge in [0.2, 0.25) is 5.91 Å². The minimum absolute atomic E-state index is 0.00600. The number of hydrogen-bond acceptors (Lipinski definition) is 6. The van der Waals surface area contributed by atoms with Gasteiger partial charge in [-0.05, 0) is 92.2 Å². The molecule has 1 atom stereocenters. The van der Waals surface area contributed by atoms with Crippen molar-refractivity contribution in [3.63, 3.8) is 0 Å². The van der Waals surface area contributed by atoms with Crippen molar-refractivity contribution in [1.82, 2.24) is 10.6 Å². The zero-order chi connectivity index (χ0) is 33.4. The van der Waals surface area contributed by atoms with Crippen molar-refractivity contribution >= 4 is 39.1 Å². The summed E-state index contributed by atoms with van der Waals surface area (Å²) in [5.74, 6) is -2.59. The summed E-state index contributed by atoms with van der Waals surface area (Å²) in [5.41, 5.74) is 4.15. The minimum Gasteiger partial charge on any atom is -0.399 e. The molecule has 250 valence electrons. The first-order chi connectivity index (χ1) is 21.0. The van der Waals surface area contributed by atoms with Crippen LogP contribution >= 0.6 is 27.5 Å². The highest BCUT2D eigenvalue weighted by molar-refractivity contribution is 9.12. The lowest BCUT2D eigenvalue weighted by Crippen LogP contribution is -2.34. The Morgan fingerprint density at radius 3 is 2.45 bits per heavy atom. The molecule has 0 aliphatic carbocycles. The van der Waals surface area contributed by atoms with Crippen molar-refractivity contribution in [2.75, 3.05) is 46.3 Å². The highest BCUT2D eigenvalue weighted by Gasteiger charge is 2.30. The number of nitrogens with one attached hydrogen (secondary N) is 2. The molecule has 0 spiro atoms. The minimum atomic E-state index is -2.93. The Labute approximate surface area is 276 Å². The Balaban J connectivity index is 0.000000847. The molecule has 1 amide bonds. The van der Waals surface area contributed by atoms with Crippen LogP contribution < -0.4 is 10.6 Å². The van der Waals surface area contributed by atoms with Crippen LogP contribution in [0, 0.1) is 5.92 Å². The molecule has 0 radical (unpaired) electrons. The zero-order valence-electron chi connectivity index (χ0n) is 27.2. The van der Waals surface area contributed by atoms with Gasteiger partial charge in [0.1, 0.15) is 20.3 Å². The standard InChI is InChI=1S/C19H30BrN3O2.C13H18F2O2.CH3Cl/c1-5-7-16(9-11-22-15(3)24)14(2)12-18(20)19(23-25-4)17-8-6-10-21-13-17;1-11(2)17-10-13(14,15)9-16-8-12-6-4-3-5-7-12;1-2/h5,7,12,17,21H,6,8-11,13H2,1-4H3,(H,22,24);3-7,11H,8-10H2,1-2H3;1H3/b7-5-,16-14-,18-12-,23-19-;;/t17-;;/m1../s1. The molecule has 0 bridgehead atoms. The lowest BCUT2D eigenvalue weighted by atomic mass is 9.93. The average molecular weight is 707 g/mol. The van der Waals surface area contributed by atoms with Gasteiger partial charge < -0.3 is 24.9 Å². The monoisotopic (exact) mass is 705 g/mol. The van der Waals surface area contributed by atoms with Gasteiger partial charge in [0.05, 0.1) is 18.4 Å². The molecular formula is C33H51BrClF2N3O4. The van der Waals surface area contributed by atoms with E-state index in [0.29, 0.717) is 12.5 Å². The van der Waals surface area contributed by atoms with Gasteiger partial charge in [-0.2, -0.15) is 0 Å². The van der Waals surface area contributed by atoms with Crippen molar-refractivity contribution in [2.24, 2.45) is 11.1 Å². The van der Waals surface area contributed by atoms with Crippen LogP contribution in [0.2, 0.25) is 0 Å². The number of piperidine rings is 1. The van der Waals surface area contributed by atoms with E-state index in [1.54, 1.807) is 21.0 Å². The Morgan fingerprint density at radius 1 is 1.23 bits per heavy atom. The molecule has 1 saturated heterocycles. The zero-order valence-corrected chi connectivity index (χ0v) is 29.6. The summed E-state index contributed by atoms with van der Waals surface area (Å²) in [5, 5.41) is 10.5. The molecular weight excluding hydrogens is 656 g/mol. The van der Waals surface area contributed by atoms with Crippen LogP contribution in [0.3, 0.4) is 0 Å². The molecule has 44 heavy (non-hydrogen) atoms. The Bertz CT molecular complexity index is 1040. The summed E-state index contributed by atoms with van der Waals surface area (Å²) < 4.78 is 37.3. The van der Waals surface area contributed by atoms with Gasteiger partial charge in [0.15, 0.2) is 0 Å². The number of allylic oxidation sites excluding steroid dienone is 5. The highest BCUT2D eigenvalue weighted by Crippen LogP contribution is 2.24. The third kappa shape index (κ3) is 20.0. The molecule has 1 aromatic rings. The van der Waals surface area contributed by atoms with Crippen molar-refractivity contribution in [3.8, 4) is 0 Å². The van der Waals surface area contributed by atoms with Crippen LogP contribution in [0.25, 0.3) is 0 Å². The molecule has 2 rings (SSSR count). The Hall–Kier alpha value is -2.11. The fraction of sp³-hybridized carbons (Fsp3) is 0.576. The van der Waals surface area contributed by atoms with Gasteiger partial charge in [-0.1, -0.05) is 47.6 Å². The molecule has 1 aliphatic rings. The van der Waals surface area contributed by atoms with Crippen LogP contribution in [0.15, 0.2) is 69.3 Å². The molecule has 1 aromatic carbocycles. The van der Waals surface area contributed by atoms with E-state index in [2.05, 4.69) is 62.4 Å². The second kappa shape index (κ2) is 25.1. The van der Waals surface area contributed by atoms with E-state index in [1.165, 1.54) is 18.9 Å². The number of benzene rings is 1. The molecule has 0 unspecified atom stereocenters. The van der Waals surface area contributed by atoms with E-state index in [4.69, 9.17) is 14.3 Å². The van der Waals surface area contributed by atoms with Crippen LogP contribution in [0.5, 0.6) is 0 Å². The number of amides is 1. The first kappa shape index (κ1) is 41.9. The molecule has 7 nitrogen and oxygen atoms in total. The maximum absolute atomic E-state index is 13.2. The summed E-state index contributed by atoms with van der Waals surface area (Å²) in [6.07, 6.45) is 10.5. The molecule has 11 heteroatoms. The maximum Gasteiger partial charge on any atom is 0.293 e. The average Bonchev–Trinajstić information content (AvgIpc) is 3.00. The Morgan fingerprint density at radius 2 is 1.91 bits per heavy atom. The van der Waals surface area contributed by atoms with Crippen molar-refractivity contribution in [1.29, 1.82) is 0 Å². The normalized spacial score (nSPS) is 16.4. The largest absolute Gasteiger partial charge is 0.399 e. The third-order valence-electron chi connectivity index (χ3n) is 6.16. The number of alkyl halides is 3. The number of hydrogen-bond donors (Lipinski definition) is 2. The van der Waals surface area contributed by atoms with Gasteiger partial charge in [-0.25, -0.2) is 8.78 Å². The molecule has 1 heterocycles. The van der Waals surface area contributed by atoms with Crippen molar-refractivity contribution < 1.29 is 27.9 Å². The number of nitrogens with zero attached hydrogens (tertiary/aromatic N) is 1. The first-order valence-corrected chi connectivity index (χ1v) is 16.3. The maximum atomic E-state index is 13.2. The second-order valence-corrected chi connectivity index (χ2v) is 11.2. The fourth-order valence-corrected chi connectivity index (χ4v) is 4.80. The van der Waals surface area contributed by atoms with Crippen molar-refractivity contribution in [2.45, 2.75) is 72.5 Å². The van der Waals surface area contributed by atoms with Crippen LogP contribution in [0.4, 0.5) is 8.78 Å². The number of carbonyl (C=O) groups excluding carboxylic acids is 1. The van der Waals surface area contributed by atoms with Gasteiger partial charge in [0.25, 0.3) is 5.92 Å². The van der Waals surface area contributed by atoms with E-state index in [1.807, 2.05) is 43.3 Å². The number of halogens is 4. The fourth-order valence-electron chi connectivity index (χ4n) is 4.06. The Kier molecular flexibility index (Phi) is 23.9. The summed E-state index contributed by atoms with van der Waals surface area (Å²) in [6, 6.07) is 9.23. The van der Waals surface area contributed by atoms with E-state index in [9.17, 15) is 13.6 Å². The summed E-state index contributed by atoms with van der Waals surface area (Å²) in [6.45, 7) is 10.6. The smallest absolute Gasteiger partial charge is 0.293 e. The summed E-state index contributed by atoms with van der Waals surface area (Å²) >= 11 is 8.33. The quantitative estimate of drug-likeness (QED) is 0.0842. The van der Waals surface area contributed by atoms with Gasteiger partial charge in [0, 0.05) is 36.8 Å². The topological polar surface area (TPSA) is 81.2 Å². The van der Waals surface area contributed by atoms with Crippen LogP contribution in [-0.2, 0) is 25.7 Å². The highest BCUT2D eigenvalue weighted by atomic mass is 79.9. The molecule has 0 saturated carbocycles. The molecule has 1 aliphatic heterocycles. The van der Waals surface area contributed by atoms with Crippen molar-refractivity contribution in [3.05, 3.63) is 69.8 Å². The van der Waals surface area contributed by atoms with E-state index < -0.39 is 19.1 Å². The summed E-state index contributed by atoms with van der Waals surface area (Å²) in [7, 11) is 1.58. The number of oxime groups is 1. The SMILES string of the molecule is CC(C)OCC(F)(F)COCc1ccccc1.CCl.C\C=C/C(CCNC(C)=O)=C(C)/C=C(Br)/C(=N\OC)[C@@H]1CCCNC1. The molecule has 1 fully saturated rings. The van der Waals surface area contributed by atoms with E-state index in [-0.39, 0.29) is 18.6 Å². The lowest BCUT2D eigenvalue weighted by molar-refractivity contribution is -0.135. The summed E-state index contributed by atoms with van der Waals surface area (Å²) in [4.78, 5) is 16.1. The van der Waals surface area contributed by atoms with Crippen LogP contribution in [0.1, 0.15) is 59.4 Å². The predicted molar refractivity (Wildman–Crippen MR) is 182 cm³/mol. The molecule has 0 aromatic heterocycles. The second-order valence-electron chi connectivity index (χ2n) is 10.3. The molecule has 2 N–H and O–H groups in total. The third-order valence-corrected chi connectivity index (χ3v) is 6.79. The van der Waals surface area contributed by atoms with Crippen LogP contribution in [-0.4, -0.2) is 70.0 Å². The number of carbonyl (C=O) groups is 1. The predicted octanol–water partition coefficient (Wildman–Crippen LogP) is 7.80. The first-order valence-electron chi connectivity index (χ1n) is 14.7. The van der Waals surface area contributed by atoms with Gasteiger partial charge in [-0.3, -0.25) is 4.79 Å². The number of rotatable bonds is 15.